The average Bonchev–Trinajstić information content (AvgIpc) is 2.61. The number of benzene rings is 2. The van der Waals surface area contributed by atoms with E-state index in [1.165, 1.54) is 0 Å². The largest absolute Gasteiger partial charge is 0.433 e. The number of piperidine rings is 1. The smallest absolute Gasteiger partial charge is 0.394 e. The van der Waals surface area contributed by atoms with Gasteiger partial charge in [-0.1, -0.05) is 42.5 Å². The molecule has 1 unspecified atom stereocenters. The van der Waals surface area contributed by atoms with Crippen LogP contribution in [0.25, 0.3) is 0 Å². The molecule has 0 saturated carbocycles. The Morgan fingerprint density at radius 3 is 2.16 bits per heavy atom. The van der Waals surface area contributed by atoms with Crippen molar-refractivity contribution in [2.75, 3.05) is 13.1 Å². The molecule has 134 valence electrons. The molecule has 0 aliphatic carbocycles. The molecule has 1 aliphatic heterocycles. The molecule has 2 aromatic rings. The van der Waals surface area contributed by atoms with Gasteiger partial charge in [0.05, 0.1) is 6.10 Å². The molecule has 1 N–H and O–H groups in total. The SMILES string of the molecule is CC(F)(F)Oc1ccc(C(OC2CCNCC2)c2ccccc2)cc1. The lowest BCUT2D eigenvalue weighted by Crippen LogP contribution is -2.33. The second kappa shape index (κ2) is 7.93. The summed E-state index contributed by atoms with van der Waals surface area (Å²) in [6.45, 7) is 2.63. The van der Waals surface area contributed by atoms with E-state index >= 15 is 0 Å². The van der Waals surface area contributed by atoms with Crippen LogP contribution in [0.15, 0.2) is 54.6 Å². The predicted octanol–water partition coefficient (Wildman–Crippen LogP) is 4.54. The maximum atomic E-state index is 13.0. The van der Waals surface area contributed by atoms with E-state index in [4.69, 9.17) is 4.74 Å². The number of nitrogens with one attached hydrogen (secondary N) is 1. The summed E-state index contributed by atoms with van der Waals surface area (Å²) in [4.78, 5) is 0. The van der Waals surface area contributed by atoms with Crippen LogP contribution in [0.1, 0.15) is 37.0 Å². The van der Waals surface area contributed by atoms with Crippen molar-refractivity contribution in [1.29, 1.82) is 0 Å². The third-order valence-corrected chi connectivity index (χ3v) is 4.20. The monoisotopic (exact) mass is 347 g/mol. The number of halogens is 2. The van der Waals surface area contributed by atoms with E-state index in [1.54, 1.807) is 24.3 Å². The Morgan fingerprint density at radius 1 is 0.960 bits per heavy atom. The molecule has 0 spiro atoms. The van der Waals surface area contributed by atoms with Gasteiger partial charge in [-0.05, 0) is 49.2 Å². The van der Waals surface area contributed by atoms with Gasteiger partial charge in [-0.15, -0.1) is 0 Å². The molecule has 1 saturated heterocycles. The molecule has 25 heavy (non-hydrogen) atoms. The summed E-state index contributed by atoms with van der Waals surface area (Å²) >= 11 is 0. The van der Waals surface area contributed by atoms with E-state index in [1.807, 2.05) is 30.3 Å². The van der Waals surface area contributed by atoms with Crippen LogP contribution in [0.3, 0.4) is 0 Å². The minimum atomic E-state index is -3.19. The molecule has 0 radical (unpaired) electrons. The van der Waals surface area contributed by atoms with E-state index in [0.29, 0.717) is 0 Å². The molecular formula is C20H23F2NO2. The Labute approximate surface area is 147 Å². The topological polar surface area (TPSA) is 30.5 Å². The molecule has 1 atom stereocenters. The van der Waals surface area contributed by atoms with Crippen LogP contribution in [-0.2, 0) is 4.74 Å². The fourth-order valence-corrected chi connectivity index (χ4v) is 3.02. The molecule has 0 bridgehead atoms. The molecule has 3 nitrogen and oxygen atoms in total. The number of alkyl halides is 2. The van der Waals surface area contributed by atoms with Gasteiger partial charge in [-0.2, -0.15) is 8.78 Å². The maximum Gasteiger partial charge on any atom is 0.394 e. The van der Waals surface area contributed by atoms with E-state index < -0.39 is 6.11 Å². The van der Waals surface area contributed by atoms with E-state index in [0.717, 1.165) is 44.0 Å². The molecule has 5 heteroatoms. The van der Waals surface area contributed by atoms with Crippen molar-refractivity contribution in [2.24, 2.45) is 0 Å². The number of hydrogen-bond acceptors (Lipinski definition) is 3. The number of rotatable bonds is 6. The minimum Gasteiger partial charge on any atom is -0.433 e. The Kier molecular flexibility index (Phi) is 5.66. The van der Waals surface area contributed by atoms with Crippen LogP contribution in [0.5, 0.6) is 5.75 Å². The Bertz CT molecular complexity index is 650. The number of ether oxygens (including phenoxy) is 2. The van der Waals surface area contributed by atoms with Gasteiger partial charge >= 0.3 is 6.11 Å². The molecule has 1 heterocycles. The summed E-state index contributed by atoms with van der Waals surface area (Å²) in [7, 11) is 0. The van der Waals surface area contributed by atoms with Gasteiger partial charge in [0.15, 0.2) is 0 Å². The quantitative estimate of drug-likeness (QED) is 0.832. The van der Waals surface area contributed by atoms with Crippen LogP contribution in [0.4, 0.5) is 8.78 Å². The summed E-state index contributed by atoms with van der Waals surface area (Å²) in [5, 5.41) is 3.33. The van der Waals surface area contributed by atoms with Crippen molar-refractivity contribution in [3.05, 3.63) is 65.7 Å². The Morgan fingerprint density at radius 2 is 1.56 bits per heavy atom. The van der Waals surface area contributed by atoms with Crippen molar-refractivity contribution in [3.8, 4) is 5.75 Å². The fraction of sp³-hybridized carbons (Fsp3) is 0.400. The highest BCUT2D eigenvalue weighted by Gasteiger charge is 2.24. The van der Waals surface area contributed by atoms with Gasteiger partial charge < -0.3 is 14.8 Å². The van der Waals surface area contributed by atoms with Crippen LogP contribution < -0.4 is 10.1 Å². The lowest BCUT2D eigenvalue weighted by molar-refractivity contribution is -0.158. The van der Waals surface area contributed by atoms with Crippen molar-refractivity contribution < 1.29 is 18.3 Å². The van der Waals surface area contributed by atoms with Crippen molar-refractivity contribution in [3.63, 3.8) is 0 Å². The van der Waals surface area contributed by atoms with E-state index in [-0.39, 0.29) is 18.0 Å². The molecular weight excluding hydrogens is 324 g/mol. The molecule has 1 fully saturated rings. The van der Waals surface area contributed by atoms with Crippen LogP contribution in [0, 0.1) is 0 Å². The second-order valence-electron chi connectivity index (χ2n) is 6.36. The molecule has 0 aromatic heterocycles. The molecule has 2 aromatic carbocycles. The highest BCUT2D eigenvalue weighted by atomic mass is 19.3. The summed E-state index contributed by atoms with van der Waals surface area (Å²) in [6.07, 6.45) is -1.30. The first-order chi connectivity index (χ1) is 12.0. The van der Waals surface area contributed by atoms with E-state index in [2.05, 4.69) is 10.1 Å². The van der Waals surface area contributed by atoms with Gasteiger partial charge in [0, 0.05) is 6.92 Å². The van der Waals surface area contributed by atoms with Crippen LogP contribution in [-0.4, -0.2) is 25.3 Å². The van der Waals surface area contributed by atoms with Gasteiger partial charge in [0.2, 0.25) is 0 Å². The molecule has 3 rings (SSSR count). The van der Waals surface area contributed by atoms with Gasteiger partial charge in [-0.3, -0.25) is 0 Å². The summed E-state index contributed by atoms with van der Waals surface area (Å²) in [6, 6.07) is 16.7. The first kappa shape index (κ1) is 17.8. The second-order valence-corrected chi connectivity index (χ2v) is 6.36. The maximum absolute atomic E-state index is 13.0. The number of hydrogen-bond donors (Lipinski definition) is 1. The Balaban J connectivity index is 1.81. The third-order valence-electron chi connectivity index (χ3n) is 4.20. The summed E-state index contributed by atoms with van der Waals surface area (Å²) in [5.41, 5.74) is 1.98. The standard InChI is InChI=1S/C20H23F2NO2/c1-20(21,22)25-18-9-7-16(8-10-18)19(15-5-3-2-4-6-15)24-17-11-13-23-14-12-17/h2-10,17,19,23H,11-14H2,1H3. The van der Waals surface area contributed by atoms with Crippen molar-refractivity contribution in [1.82, 2.24) is 5.32 Å². The first-order valence-corrected chi connectivity index (χ1v) is 8.59. The molecule has 0 amide bonds. The van der Waals surface area contributed by atoms with Gasteiger partial charge in [0.1, 0.15) is 11.9 Å². The van der Waals surface area contributed by atoms with Gasteiger partial charge in [-0.25, -0.2) is 0 Å². The summed E-state index contributed by atoms with van der Waals surface area (Å²) in [5.74, 6) is 0.143. The third kappa shape index (κ3) is 5.25. The lowest BCUT2D eigenvalue weighted by atomic mass is 10.00. The minimum absolute atomic E-state index is 0.143. The molecule has 1 aliphatic rings. The van der Waals surface area contributed by atoms with Crippen LogP contribution >= 0.6 is 0 Å². The highest BCUT2D eigenvalue weighted by Crippen LogP contribution is 2.31. The lowest BCUT2D eigenvalue weighted by Gasteiger charge is -2.29. The fourth-order valence-electron chi connectivity index (χ4n) is 3.02. The van der Waals surface area contributed by atoms with Crippen LogP contribution in [0.2, 0.25) is 0 Å². The van der Waals surface area contributed by atoms with Crippen molar-refractivity contribution >= 4 is 0 Å². The van der Waals surface area contributed by atoms with Crippen molar-refractivity contribution in [2.45, 2.75) is 38.1 Å². The first-order valence-electron chi connectivity index (χ1n) is 8.59. The zero-order valence-corrected chi connectivity index (χ0v) is 14.3. The Hall–Kier alpha value is -1.98. The van der Waals surface area contributed by atoms with Gasteiger partial charge in [0.25, 0.3) is 0 Å². The normalized spacial score (nSPS) is 17.2. The summed E-state index contributed by atoms with van der Waals surface area (Å²) < 4.78 is 37.0. The predicted molar refractivity (Wildman–Crippen MR) is 93.0 cm³/mol. The average molecular weight is 347 g/mol. The zero-order chi connectivity index (χ0) is 17.7. The zero-order valence-electron chi connectivity index (χ0n) is 14.3. The van der Waals surface area contributed by atoms with E-state index in [9.17, 15) is 8.78 Å². The highest BCUT2D eigenvalue weighted by molar-refractivity contribution is 5.34.